The summed E-state index contributed by atoms with van der Waals surface area (Å²) in [5, 5.41) is 7.21. The standard InChI is InChI=1S/C12H20N4/c1-6(5-13)11(14)16-10-8-4-12(15)3-7(8)2-9(10)12/h5-10,13H,2-4,15H2,1H3,(H2,14,16). The van der Waals surface area contributed by atoms with E-state index in [9.17, 15) is 0 Å². The van der Waals surface area contributed by atoms with Gasteiger partial charge in [0.1, 0.15) is 5.84 Å². The molecule has 0 saturated heterocycles. The maximum absolute atomic E-state index is 7.21. The number of nitrogens with one attached hydrogen (secondary N) is 1. The van der Waals surface area contributed by atoms with Crippen molar-refractivity contribution in [1.29, 1.82) is 5.41 Å². The molecule has 4 aliphatic carbocycles. The molecule has 4 rings (SSSR count). The minimum atomic E-state index is -0.0370. The lowest BCUT2D eigenvalue weighted by atomic mass is 9.90. The third-order valence-electron chi connectivity index (χ3n) is 5.02. The van der Waals surface area contributed by atoms with E-state index < -0.39 is 0 Å². The van der Waals surface area contributed by atoms with Crippen LogP contribution in [0.5, 0.6) is 0 Å². The number of aliphatic imine (C=N–C) groups is 1. The van der Waals surface area contributed by atoms with Crippen LogP contribution in [0.25, 0.3) is 0 Å². The number of amidine groups is 1. The molecule has 0 aromatic heterocycles. The molecule has 0 aromatic rings. The van der Waals surface area contributed by atoms with Gasteiger partial charge in [0.05, 0.1) is 6.04 Å². The van der Waals surface area contributed by atoms with Crippen molar-refractivity contribution in [2.24, 2.45) is 40.1 Å². The molecule has 4 heteroatoms. The molecule has 6 unspecified atom stereocenters. The van der Waals surface area contributed by atoms with E-state index in [0.717, 1.165) is 12.3 Å². The Balaban J connectivity index is 1.83. The Morgan fingerprint density at radius 3 is 2.75 bits per heavy atom. The van der Waals surface area contributed by atoms with Gasteiger partial charge in [-0.05, 0) is 37.0 Å². The van der Waals surface area contributed by atoms with Crippen LogP contribution in [-0.2, 0) is 0 Å². The Morgan fingerprint density at radius 1 is 1.56 bits per heavy atom. The molecule has 16 heavy (non-hydrogen) atoms. The molecule has 4 fully saturated rings. The zero-order valence-electron chi connectivity index (χ0n) is 9.69. The summed E-state index contributed by atoms with van der Waals surface area (Å²) in [6.45, 7) is 1.92. The van der Waals surface area contributed by atoms with Crippen LogP contribution in [0.3, 0.4) is 0 Å². The molecule has 0 aromatic carbocycles. The van der Waals surface area contributed by atoms with Gasteiger partial charge in [0.2, 0.25) is 0 Å². The normalized spacial score (nSPS) is 51.2. The van der Waals surface area contributed by atoms with Gasteiger partial charge >= 0.3 is 0 Å². The second-order valence-electron chi connectivity index (χ2n) is 5.91. The summed E-state index contributed by atoms with van der Waals surface area (Å²) < 4.78 is 0. The van der Waals surface area contributed by atoms with Crippen LogP contribution >= 0.6 is 0 Å². The minimum Gasteiger partial charge on any atom is -0.387 e. The first-order valence-corrected chi connectivity index (χ1v) is 6.18. The second kappa shape index (κ2) is 3.06. The molecule has 5 N–H and O–H groups in total. The Kier molecular flexibility index (Phi) is 1.97. The van der Waals surface area contributed by atoms with E-state index in [1.807, 2.05) is 6.92 Å². The highest BCUT2D eigenvalue weighted by Crippen LogP contribution is 2.64. The highest BCUT2D eigenvalue weighted by Gasteiger charge is 2.66. The quantitative estimate of drug-likeness (QED) is 0.484. The Bertz CT molecular complexity index is 364. The molecule has 4 nitrogen and oxygen atoms in total. The number of nitrogens with zero attached hydrogens (tertiary/aromatic N) is 1. The van der Waals surface area contributed by atoms with Gasteiger partial charge in [0.25, 0.3) is 0 Å². The molecule has 4 saturated carbocycles. The molecule has 4 aliphatic rings. The topological polar surface area (TPSA) is 88.2 Å². The van der Waals surface area contributed by atoms with E-state index in [-0.39, 0.29) is 11.5 Å². The summed E-state index contributed by atoms with van der Waals surface area (Å²) in [6.07, 6.45) is 4.95. The zero-order chi connectivity index (χ0) is 11.5. The Morgan fingerprint density at radius 2 is 2.31 bits per heavy atom. The Hall–Kier alpha value is -0.900. The van der Waals surface area contributed by atoms with Crippen molar-refractivity contribution in [2.45, 2.75) is 37.8 Å². The zero-order valence-corrected chi connectivity index (χ0v) is 9.69. The third kappa shape index (κ3) is 1.14. The van der Waals surface area contributed by atoms with E-state index in [1.54, 1.807) is 0 Å². The van der Waals surface area contributed by atoms with Gasteiger partial charge in [-0.15, -0.1) is 0 Å². The first kappa shape index (κ1) is 10.3. The summed E-state index contributed by atoms with van der Waals surface area (Å²) in [5.74, 6) is 2.60. The van der Waals surface area contributed by atoms with Crippen LogP contribution in [0.1, 0.15) is 26.2 Å². The van der Waals surface area contributed by atoms with E-state index in [2.05, 4.69) is 4.99 Å². The highest BCUT2D eigenvalue weighted by molar-refractivity contribution is 5.94. The maximum atomic E-state index is 7.21. The van der Waals surface area contributed by atoms with Crippen LogP contribution in [0.2, 0.25) is 0 Å². The molecule has 0 radical (unpaired) electrons. The van der Waals surface area contributed by atoms with Gasteiger partial charge in [-0.2, -0.15) is 0 Å². The van der Waals surface area contributed by atoms with Gasteiger partial charge in [0, 0.05) is 17.7 Å². The lowest BCUT2D eigenvalue weighted by Crippen LogP contribution is -2.42. The van der Waals surface area contributed by atoms with Gasteiger partial charge in [-0.1, -0.05) is 6.92 Å². The van der Waals surface area contributed by atoms with Gasteiger partial charge in [-0.3, -0.25) is 4.99 Å². The summed E-state index contributed by atoms with van der Waals surface area (Å²) in [5.41, 5.74) is 12.4. The fourth-order valence-electron chi connectivity index (χ4n) is 4.19. The predicted octanol–water partition coefficient (Wildman–Crippen LogP) is 0.755. The maximum Gasteiger partial charge on any atom is 0.102 e. The van der Waals surface area contributed by atoms with E-state index in [0.29, 0.717) is 23.7 Å². The summed E-state index contributed by atoms with van der Waals surface area (Å²) in [7, 11) is 0. The molecule has 0 heterocycles. The van der Waals surface area contributed by atoms with E-state index in [4.69, 9.17) is 16.9 Å². The van der Waals surface area contributed by atoms with E-state index >= 15 is 0 Å². The van der Waals surface area contributed by atoms with Crippen molar-refractivity contribution in [2.75, 3.05) is 0 Å². The van der Waals surface area contributed by atoms with Crippen LogP contribution in [0, 0.1) is 29.1 Å². The average molecular weight is 220 g/mol. The molecule has 6 atom stereocenters. The smallest absolute Gasteiger partial charge is 0.102 e. The molecule has 0 spiro atoms. The summed E-state index contributed by atoms with van der Waals surface area (Å²) in [4.78, 5) is 4.66. The van der Waals surface area contributed by atoms with Gasteiger partial charge in [0.15, 0.2) is 0 Å². The first-order chi connectivity index (χ1) is 7.55. The number of hydrogen-bond acceptors (Lipinski definition) is 3. The second-order valence-corrected chi connectivity index (χ2v) is 5.91. The summed E-state index contributed by atoms with van der Waals surface area (Å²) in [6, 6.07) is 0.353. The molecule has 4 bridgehead atoms. The highest BCUT2D eigenvalue weighted by atomic mass is 15.0. The van der Waals surface area contributed by atoms with Crippen molar-refractivity contribution in [3.63, 3.8) is 0 Å². The van der Waals surface area contributed by atoms with Crippen LogP contribution in [-0.4, -0.2) is 23.6 Å². The number of nitrogens with two attached hydrogens (primary N) is 2. The monoisotopic (exact) mass is 220 g/mol. The van der Waals surface area contributed by atoms with Gasteiger partial charge in [-0.25, -0.2) is 0 Å². The fraction of sp³-hybridized carbons (Fsp3) is 0.833. The molecule has 88 valence electrons. The molecular weight excluding hydrogens is 200 g/mol. The number of hydrogen-bond donors (Lipinski definition) is 3. The van der Waals surface area contributed by atoms with Crippen molar-refractivity contribution < 1.29 is 0 Å². The van der Waals surface area contributed by atoms with Crippen molar-refractivity contribution in [1.82, 2.24) is 0 Å². The first-order valence-electron chi connectivity index (χ1n) is 6.18. The predicted molar refractivity (Wildman–Crippen MR) is 64.6 cm³/mol. The number of rotatable bonds is 3. The third-order valence-corrected chi connectivity index (χ3v) is 5.02. The fourth-order valence-corrected chi connectivity index (χ4v) is 4.19. The molecular formula is C12H20N4. The SMILES string of the molecule is CC(C=N)C(N)=NC1C2CC3(N)CC2CC13. The largest absolute Gasteiger partial charge is 0.387 e. The van der Waals surface area contributed by atoms with Crippen molar-refractivity contribution in [3.8, 4) is 0 Å². The lowest BCUT2D eigenvalue weighted by molar-refractivity contribution is 0.347. The lowest BCUT2D eigenvalue weighted by Gasteiger charge is -2.26. The average Bonchev–Trinajstić information content (AvgIpc) is 2.89. The summed E-state index contributed by atoms with van der Waals surface area (Å²) >= 11 is 0. The van der Waals surface area contributed by atoms with Crippen LogP contribution in [0.4, 0.5) is 0 Å². The molecule has 0 amide bonds. The van der Waals surface area contributed by atoms with Crippen LogP contribution < -0.4 is 11.5 Å². The van der Waals surface area contributed by atoms with Crippen LogP contribution in [0.15, 0.2) is 4.99 Å². The van der Waals surface area contributed by atoms with Crippen molar-refractivity contribution >= 4 is 12.1 Å². The van der Waals surface area contributed by atoms with Gasteiger partial charge < -0.3 is 16.9 Å². The molecule has 0 aliphatic heterocycles. The van der Waals surface area contributed by atoms with E-state index in [1.165, 1.54) is 19.1 Å². The Labute approximate surface area is 96.0 Å². The van der Waals surface area contributed by atoms with Crippen molar-refractivity contribution in [3.05, 3.63) is 0 Å². The minimum absolute atomic E-state index is 0.0370.